The third-order valence-corrected chi connectivity index (χ3v) is 0.894. The summed E-state index contributed by atoms with van der Waals surface area (Å²) >= 11 is 8.24. The average molecular weight is 155 g/mol. The molecule has 0 saturated heterocycles. The third-order valence-electron chi connectivity index (χ3n) is 0.218. The highest BCUT2D eigenvalue weighted by Crippen LogP contribution is 2.07. The van der Waals surface area contributed by atoms with Crippen molar-refractivity contribution in [3.63, 3.8) is 0 Å². The van der Waals surface area contributed by atoms with Gasteiger partial charge in [0.1, 0.15) is 0 Å². The summed E-state index contributed by atoms with van der Waals surface area (Å²) in [7, 11) is 0. The van der Waals surface area contributed by atoms with Gasteiger partial charge in [0.15, 0.2) is 0 Å². The minimum absolute atomic E-state index is 0.664. The Labute approximate surface area is 45.0 Å². The molecule has 0 rings (SSSR count). The molecule has 0 spiro atoms. The van der Waals surface area contributed by atoms with E-state index in [9.17, 15) is 0 Å². The number of rotatable bonds is 0. The van der Waals surface area contributed by atoms with E-state index in [1.165, 1.54) is 0 Å². The largest absolute Gasteiger partial charge is 0.0791 e. The van der Waals surface area contributed by atoms with Crippen LogP contribution < -0.4 is 0 Å². The Balaban J connectivity index is 3.14. The van der Waals surface area contributed by atoms with E-state index >= 15 is 0 Å². The van der Waals surface area contributed by atoms with Gasteiger partial charge in [0.25, 0.3) is 0 Å². The minimum atomic E-state index is 0.664. The Kier molecular flexibility index (Phi) is 3.01. The van der Waals surface area contributed by atoms with Crippen LogP contribution in [-0.4, -0.2) is 0 Å². The van der Waals surface area contributed by atoms with Gasteiger partial charge in [-0.1, -0.05) is 17.7 Å². The van der Waals surface area contributed by atoms with Crippen LogP contribution in [0.2, 0.25) is 0 Å². The van der Waals surface area contributed by atoms with Gasteiger partial charge in [-0.3, -0.25) is 0 Å². The molecular formula is C3H4BrCl. The first-order valence-electron chi connectivity index (χ1n) is 1.24. The normalized spacial score (nSPS) is 12.2. The monoisotopic (exact) mass is 154 g/mol. The molecule has 0 unspecified atom stereocenters. The van der Waals surface area contributed by atoms with Crippen LogP contribution in [0.1, 0.15) is 6.92 Å². The van der Waals surface area contributed by atoms with Crippen molar-refractivity contribution in [3.05, 3.63) is 10.0 Å². The van der Waals surface area contributed by atoms with Gasteiger partial charge in [0.2, 0.25) is 0 Å². The zero-order chi connectivity index (χ0) is 4.28. The van der Waals surface area contributed by atoms with Gasteiger partial charge in [0, 0.05) is 0 Å². The Bertz CT molecular complexity index is 44.9. The van der Waals surface area contributed by atoms with Gasteiger partial charge >= 0.3 is 0 Å². The molecule has 2 heteroatoms. The standard InChI is InChI=1S/C3H4BrCl/c1-2-3(4)5/h2H,1H3. The highest BCUT2D eigenvalue weighted by molar-refractivity contribution is 9.12. The molecule has 0 aliphatic heterocycles. The Hall–Kier alpha value is 0.510. The van der Waals surface area contributed by atoms with E-state index in [4.69, 9.17) is 11.6 Å². The van der Waals surface area contributed by atoms with Crippen LogP contribution >= 0.6 is 27.5 Å². The molecule has 0 radical (unpaired) electrons. The maximum absolute atomic E-state index is 5.24. The Morgan fingerprint density at radius 3 is 2.20 bits per heavy atom. The zero-order valence-electron chi connectivity index (χ0n) is 2.83. The molecule has 0 heterocycles. The fourth-order valence-corrected chi connectivity index (χ4v) is 0. The van der Waals surface area contributed by atoms with Gasteiger partial charge in [-0.25, -0.2) is 0 Å². The van der Waals surface area contributed by atoms with Crippen LogP contribution in [0.25, 0.3) is 0 Å². The van der Waals surface area contributed by atoms with Crippen LogP contribution in [0.15, 0.2) is 10.0 Å². The van der Waals surface area contributed by atoms with Crippen molar-refractivity contribution in [2.24, 2.45) is 0 Å². The van der Waals surface area contributed by atoms with E-state index in [0.29, 0.717) is 3.94 Å². The fourth-order valence-electron chi connectivity index (χ4n) is 0. The molecule has 5 heavy (non-hydrogen) atoms. The number of allylic oxidation sites excluding steroid dienone is 1. The smallest absolute Gasteiger partial charge is 0.0765 e. The second kappa shape index (κ2) is 2.73. The summed E-state index contributed by atoms with van der Waals surface area (Å²) in [6.07, 6.45) is 1.77. The highest BCUT2D eigenvalue weighted by atomic mass is 79.9. The summed E-state index contributed by atoms with van der Waals surface area (Å²) in [6, 6.07) is 0. The Morgan fingerprint density at radius 2 is 2.20 bits per heavy atom. The molecule has 0 aromatic rings. The lowest BCUT2D eigenvalue weighted by molar-refractivity contribution is 1.77. The number of halogens is 2. The number of hydrogen-bond donors (Lipinski definition) is 0. The number of hydrogen-bond acceptors (Lipinski definition) is 0. The van der Waals surface area contributed by atoms with Crippen molar-refractivity contribution in [2.75, 3.05) is 0 Å². The third kappa shape index (κ3) is 4.51. The van der Waals surface area contributed by atoms with Gasteiger partial charge in [-0.15, -0.1) is 0 Å². The molecule has 0 saturated carbocycles. The molecule has 0 fully saturated rings. The van der Waals surface area contributed by atoms with Crippen LogP contribution in [0.4, 0.5) is 0 Å². The Morgan fingerprint density at radius 1 is 2.00 bits per heavy atom. The quantitative estimate of drug-likeness (QED) is 0.504. The van der Waals surface area contributed by atoms with Crippen molar-refractivity contribution in [1.82, 2.24) is 0 Å². The van der Waals surface area contributed by atoms with E-state index < -0.39 is 0 Å². The molecule has 0 bridgehead atoms. The molecule has 0 aliphatic carbocycles. The van der Waals surface area contributed by atoms with Gasteiger partial charge in [-0.2, -0.15) is 0 Å². The first kappa shape index (κ1) is 5.51. The molecule has 0 N–H and O–H groups in total. The van der Waals surface area contributed by atoms with Crippen LogP contribution in [-0.2, 0) is 0 Å². The van der Waals surface area contributed by atoms with E-state index in [0.717, 1.165) is 0 Å². The van der Waals surface area contributed by atoms with Crippen LogP contribution in [0.5, 0.6) is 0 Å². The molecular weight excluding hydrogens is 151 g/mol. The second-order valence-corrected chi connectivity index (χ2v) is 2.30. The van der Waals surface area contributed by atoms with Crippen molar-refractivity contribution < 1.29 is 0 Å². The van der Waals surface area contributed by atoms with Crippen molar-refractivity contribution >= 4 is 27.5 Å². The summed E-state index contributed by atoms with van der Waals surface area (Å²) in [4.78, 5) is 0. The fraction of sp³-hybridized carbons (Fsp3) is 0.333. The van der Waals surface area contributed by atoms with E-state index in [1.54, 1.807) is 6.08 Å². The van der Waals surface area contributed by atoms with Crippen molar-refractivity contribution in [1.29, 1.82) is 0 Å². The van der Waals surface area contributed by atoms with Gasteiger partial charge in [-0.05, 0) is 22.9 Å². The van der Waals surface area contributed by atoms with Gasteiger partial charge in [0.05, 0.1) is 3.94 Å². The predicted molar refractivity (Wildman–Crippen MR) is 28.5 cm³/mol. The maximum Gasteiger partial charge on any atom is 0.0791 e. The lowest BCUT2D eigenvalue weighted by atomic mass is 10.8. The lowest BCUT2D eigenvalue weighted by Crippen LogP contribution is -1.37. The molecule has 0 nitrogen and oxygen atoms in total. The average Bonchev–Trinajstić information content (AvgIpc) is 1.38. The predicted octanol–water partition coefficient (Wildman–Crippen LogP) is 2.48. The second-order valence-electron chi connectivity index (χ2n) is 0.578. The summed E-state index contributed by atoms with van der Waals surface area (Å²) in [5, 5.41) is 0. The lowest BCUT2D eigenvalue weighted by Gasteiger charge is -1.67. The summed E-state index contributed by atoms with van der Waals surface area (Å²) in [6.45, 7) is 1.86. The molecule has 0 atom stereocenters. The molecule has 30 valence electrons. The molecule has 0 amide bonds. The van der Waals surface area contributed by atoms with Crippen molar-refractivity contribution in [3.8, 4) is 0 Å². The molecule has 0 aromatic heterocycles. The van der Waals surface area contributed by atoms with Crippen LogP contribution in [0, 0.1) is 0 Å². The minimum Gasteiger partial charge on any atom is -0.0765 e. The van der Waals surface area contributed by atoms with E-state index in [1.807, 2.05) is 6.92 Å². The molecule has 0 aliphatic rings. The van der Waals surface area contributed by atoms with Gasteiger partial charge < -0.3 is 0 Å². The first-order valence-corrected chi connectivity index (χ1v) is 2.41. The SMILES string of the molecule is CC=C(Cl)Br. The zero-order valence-corrected chi connectivity index (χ0v) is 5.18. The topological polar surface area (TPSA) is 0 Å². The van der Waals surface area contributed by atoms with E-state index in [-0.39, 0.29) is 0 Å². The van der Waals surface area contributed by atoms with Crippen molar-refractivity contribution in [2.45, 2.75) is 6.92 Å². The van der Waals surface area contributed by atoms with Crippen LogP contribution in [0.3, 0.4) is 0 Å². The summed E-state index contributed by atoms with van der Waals surface area (Å²) in [5.74, 6) is 0. The molecule has 0 aromatic carbocycles. The first-order chi connectivity index (χ1) is 2.27. The highest BCUT2D eigenvalue weighted by Gasteiger charge is 1.67. The summed E-state index contributed by atoms with van der Waals surface area (Å²) < 4.78 is 0.664. The maximum atomic E-state index is 5.24. The summed E-state index contributed by atoms with van der Waals surface area (Å²) in [5.41, 5.74) is 0. The van der Waals surface area contributed by atoms with E-state index in [2.05, 4.69) is 15.9 Å².